The van der Waals surface area contributed by atoms with Gasteiger partial charge in [0, 0.05) is 17.7 Å². The van der Waals surface area contributed by atoms with Gasteiger partial charge in [0.1, 0.15) is 5.75 Å². The number of esters is 1. The van der Waals surface area contributed by atoms with E-state index in [-0.39, 0.29) is 12.0 Å². The van der Waals surface area contributed by atoms with Crippen LogP contribution >= 0.6 is 12.2 Å². The van der Waals surface area contributed by atoms with Crippen molar-refractivity contribution in [2.24, 2.45) is 0 Å². The number of para-hydroxylation sites is 1. The van der Waals surface area contributed by atoms with Crippen molar-refractivity contribution < 1.29 is 14.3 Å². The molecule has 4 rings (SSSR count). The van der Waals surface area contributed by atoms with Gasteiger partial charge in [-0.15, -0.1) is 0 Å². The van der Waals surface area contributed by atoms with Crippen molar-refractivity contribution in [2.45, 2.75) is 32.0 Å². The average molecular weight is 368 g/mol. The number of nitrogens with zero attached hydrogens (tertiary/aromatic N) is 1. The van der Waals surface area contributed by atoms with Gasteiger partial charge in [-0.3, -0.25) is 4.90 Å². The Morgan fingerprint density at radius 2 is 2.04 bits per heavy atom. The van der Waals surface area contributed by atoms with Crippen LogP contribution in [0.1, 0.15) is 42.2 Å². The number of thiocarbonyl (C=S) groups is 1. The molecule has 2 heterocycles. The average Bonchev–Trinajstić information content (AvgIpc) is 2.61. The Labute approximate surface area is 157 Å². The van der Waals surface area contributed by atoms with Crippen LogP contribution in [0.3, 0.4) is 0 Å². The number of fused-ring (bicyclic) bond motifs is 4. The molecule has 0 spiro atoms. The Morgan fingerprint density at radius 3 is 2.77 bits per heavy atom. The van der Waals surface area contributed by atoms with Crippen LogP contribution < -0.4 is 15.0 Å². The summed E-state index contributed by atoms with van der Waals surface area (Å²) in [5.41, 5.74) is 1.93. The normalized spacial score (nSPS) is 23.5. The number of hydrogen-bond donors (Lipinski definition) is 1. The van der Waals surface area contributed by atoms with Gasteiger partial charge in [0.2, 0.25) is 0 Å². The molecule has 2 bridgehead atoms. The summed E-state index contributed by atoms with van der Waals surface area (Å²) >= 11 is 5.63. The van der Waals surface area contributed by atoms with E-state index in [1.165, 1.54) is 0 Å². The van der Waals surface area contributed by atoms with Crippen LogP contribution in [0.5, 0.6) is 5.75 Å². The predicted molar refractivity (Wildman–Crippen MR) is 103 cm³/mol. The highest BCUT2D eigenvalue weighted by atomic mass is 32.1. The Bertz CT molecular complexity index is 868. The van der Waals surface area contributed by atoms with Crippen LogP contribution in [0.4, 0.5) is 5.69 Å². The third kappa shape index (κ3) is 2.70. The summed E-state index contributed by atoms with van der Waals surface area (Å²) in [4.78, 5) is 13.8. The minimum Gasteiger partial charge on any atom is -0.467 e. The molecule has 2 atom stereocenters. The molecule has 6 heteroatoms. The Balaban J connectivity index is 1.67. The van der Waals surface area contributed by atoms with Crippen molar-refractivity contribution in [2.75, 3.05) is 11.5 Å². The number of anilines is 1. The maximum atomic E-state index is 11.9. The highest BCUT2D eigenvalue weighted by Crippen LogP contribution is 2.45. The fourth-order valence-corrected chi connectivity index (χ4v) is 4.11. The minimum absolute atomic E-state index is 0.132. The molecular formula is C20H20N2O3S. The number of benzene rings is 2. The van der Waals surface area contributed by atoms with Crippen LogP contribution in [0.25, 0.3) is 0 Å². The molecule has 2 aromatic carbocycles. The quantitative estimate of drug-likeness (QED) is 0.657. The molecule has 5 nitrogen and oxygen atoms in total. The van der Waals surface area contributed by atoms with Gasteiger partial charge < -0.3 is 14.8 Å². The van der Waals surface area contributed by atoms with Gasteiger partial charge in [-0.2, -0.15) is 0 Å². The second-order valence-electron chi connectivity index (χ2n) is 6.62. The molecule has 2 aliphatic rings. The second kappa shape index (κ2) is 6.29. The molecule has 0 radical (unpaired) electrons. The lowest BCUT2D eigenvalue weighted by atomic mass is 9.90. The Kier molecular flexibility index (Phi) is 4.07. The molecule has 2 aromatic rings. The van der Waals surface area contributed by atoms with Gasteiger partial charge >= 0.3 is 5.97 Å². The smallest absolute Gasteiger partial charge is 0.338 e. The number of hydrogen-bond acceptors (Lipinski definition) is 4. The van der Waals surface area contributed by atoms with Crippen molar-refractivity contribution in [3.8, 4) is 5.75 Å². The lowest BCUT2D eigenvalue weighted by Crippen LogP contribution is -2.65. The zero-order chi connectivity index (χ0) is 18.3. The molecule has 134 valence electrons. The van der Waals surface area contributed by atoms with E-state index >= 15 is 0 Å². The molecule has 1 saturated heterocycles. The molecule has 0 aromatic heterocycles. The standard InChI is InChI=1S/C20H20N2O3S/c1-3-24-18(23)13-8-10-14(11-9-13)22-19(26)21-16-12-20(22,2)25-17-7-5-4-6-15(16)17/h4-11,16H,3,12H2,1-2H3,(H,21,26)/t16-,20-/m1/s1. The third-order valence-corrected chi connectivity index (χ3v) is 5.12. The summed E-state index contributed by atoms with van der Waals surface area (Å²) in [6, 6.07) is 15.4. The Morgan fingerprint density at radius 1 is 1.31 bits per heavy atom. The molecule has 1 N–H and O–H groups in total. The molecule has 1 fully saturated rings. The van der Waals surface area contributed by atoms with Crippen molar-refractivity contribution in [3.63, 3.8) is 0 Å². The van der Waals surface area contributed by atoms with E-state index in [4.69, 9.17) is 21.7 Å². The van der Waals surface area contributed by atoms with Crippen LogP contribution in [0.15, 0.2) is 48.5 Å². The monoisotopic (exact) mass is 368 g/mol. The van der Waals surface area contributed by atoms with Gasteiger partial charge in [0.05, 0.1) is 18.2 Å². The number of carbonyl (C=O) groups is 1. The minimum atomic E-state index is -0.590. The largest absolute Gasteiger partial charge is 0.467 e. The zero-order valence-electron chi connectivity index (χ0n) is 14.7. The Hall–Kier alpha value is -2.60. The van der Waals surface area contributed by atoms with E-state index in [2.05, 4.69) is 11.4 Å². The molecule has 0 saturated carbocycles. The number of ether oxygens (including phenoxy) is 2. The van der Waals surface area contributed by atoms with Crippen LogP contribution in [0, 0.1) is 0 Å². The van der Waals surface area contributed by atoms with Gasteiger partial charge in [0.15, 0.2) is 10.8 Å². The van der Waals surface area contributed by atoms with Crippen molar-refractivity contribution in [3.05, 3.63) is 59.7 Å². The van der Waals surface area contributed by atoms with E-state index in [1.54, 1.807) is 19.1 Å². The summed E-state index contributed by atoms with van der Waals surface area (Å²) in [7, 11) is 0. The van der Waals surface area contributed by atoms with Gasteiger partial charge in [-0.1, -0.05) is 18.2 Å². The van der Waals surface area contributed by atoms with E-state index in [1.807, 2.05) is 42.2 Å². The van der Waals surface area contributed by atoms with Crippen molar-refractivity contribution in [1.29, 1.82) is 0 Å². The first-order valence-electron chi connectivity index (χ1n) is 8.68. The fourth-order valence-electron chi connectivity index (χ4n) is 3.67. The van der Waals surface area contributed by atoms with Crippen LogP contribution in [-0.4, -0.2) is 23.4 Å². The molecular weight excluding hydrogens is 348 g/mol. The van der Waals surface area contributed by atoms with E-state index in [9.17, 15) is 4.79 Å². The summed E-state index contributed by atoms with van der Waals surface area (Å²) in [6.07, 6.45) is 0.768. The third-order valence-electron chi connectivity index (χ3n) is 4.82. The van der Waals surface area contributed by atoms with Crippen molar-refractivity contribution in [1.82, 2.24) is 5.32 Å². The highest BCUT2D eigenvalue weighted by Gasteiger charge is 2.48. The van der Waals surface area contributed by atoms with Crippen LogP contribution in [-0.2, 0) is 4.74 Å². The first kappa shape index (κ1) is 16.8. The topological polar surface area (TPSA) is 50.8 Å². The summed E-state index contributed by atoms with van der Waals surface area (Å²) in [5.74, 6) is 0.543. The molecule has 0 amide bonds. The fraction of sp³-hybridized carbons (Fsp3) is 0.300. The van der Waals surface area contributed by atoms with Crippen LogP contribution in [0.2, 0.25) is 0 Å². The molecule has 0 unspecified atom stereocenters. The van der Waals surface area contributed by atoms with E-state index in [0.29, 0.717) is 17.3 Å². The lowest BCUT2D eigenvalue weighted by Gasteiger charge is -2.52. The zero-order valence-corrected chi connectivity index (χ0v) is 15.5. The maximum absolute atomic E-state index is 11.9. The number of carbonyl (C=O) groups excluding carboxylic acids is 1. The summed E-state index contributed by atoms with van der Waals surface area (Å²) in [6.45, 7) is 4.19. The van der Waals surface area contributed by atoms with Gasteiger partial charge in [-0.25, -0.2) is 4.79 Å². The lowest BCUT2D eigenvalue weighted by molar-refractivity contribution is 0.0498. The SMILES string of the molecule is CCOC(=O)c1ccc(N2C(=S)N[C@@H]3C[C@@]2(C)Oc2ccccc23)cc1. The van der Waals surface area contributed by atoms with Gasteiger partial charge in [0.25, 0.3) is 0 Å². The second-order valence-corrected chi connectivity index (χ2v) is 7.01. The van der Waals surface area contributed by atoms with Crippen molar-refractivity contribution >= 4 is 29.0 Å². The number of nitrogens with one attached hydrogen (secondary N) is 1. The molecule has 2 aliphatic heterocycles. The molecule has 26 heavy (non-hydrogen) atoms. The summed E-state index contributed by atoms with van der Waals surface area (Å²) in [5, 5.41) is 4.03. The first-order chi connectivity index (χ1) is 12.5. The number of rotatable bonds is 3. The highest BCUT2D eigenvalue weighted by molar-refractivity contribution is 7.80. The van der Waals surface area contributed by atoms with E-state index in [0.717, 1.165) is 23.4 Å². The molecule has 0 aliphatic carbocycles. The van der Waals surface area contributed by atoms with E-state index < -0.39 is 5.72 Å². The van der Waals surface area contributed by atoms with Gasteiger partial charge in [-0.05, 0) is 56.4 Å². The first-order valence-corrected chi connectivity index (χ1v) is 9.08. The maximum Gasteiger partial charge on any atom is 0.338 e. The summed E-state index contributed by atoms with van der Waals surface area (Å²) < 4.78 is 11.4. The predicted octanol–water partition coefficient (Wildman–Crippen LogP) is 3.80.